The summed E-state index contributed by atoms with van der Waals surface area (Å²) in [7, 11) is 0.851. The van der Waals surface area contributed by atoms with Gasteiger partial charge in [-0.1, -0.05) is 0 Å². The molecular weight excluding hydrogens is 352 g/mol. The summed E-state index contributed by atoms with van der Waals surface area (Å²) in [6, 6.07) is 3.81. The number of hydrogen-bond donors (Lipinski definition) is 1. The summed E-state index contributed by atoms with van der Waals surface area (Å²) < 4.78 is 30.1. The number of nitrogens with zero attached hydrogens (tertiary/aromatic N) is 3. The maximum atomic E-state index is 11.7. The zero-order chi connectivity index (χ0) is 18.5. The molecule has 7 nitrogen and oxygen atoms in total. The zero-order valence-electron chi connectivity index (χ0n) is 15.3. The van der Waals surface area contributed by atoms with E-state index in [-0.39, 0.29) is 0 Å². The van der Waals surface area contributed by atoms with Crippen LogP contribution in [0.4, 0.5) is 5.82 Å². The lowest BCUT2D eigenvalue weighted by atomic mass is 9.58. The van der Waals surface area contributed by atoms with Gasteiger partial charge < -0.3 is 14.4 Å². The number of nitrogens with one attached hydrogen (secondary N) is 1. The predicted octanol–water partition coefficient (Wildman–Crippen LogP) is 2.54. The number of methoxy groups -OCH3 is 2. The minimum Gasteiger partial charge on any atom is -0.493 e. The molecule has 4 rings (SSSR count). The molecule has 0 radical (unpaired) electrons. The van der Waals surface area contributed by atoms with Crippen molar-refractivity contribution in [3.63, 3.8) is 0 Å². The van der Waals surface area contributed by atoms with Crippen LogP contribution in [0, 0.1) is 16.1 Å². The van der Waals surface area contributed by atoms with Gasteiger partial charge in [0.25, 0.3) is 0 Å². The summed E-state index contributed by atoms with van der Waals surface area (Å²) in [5, 5.41) is 0.957. The third-order valence-corrected chi connectivity index (χ3v) is 6.58. The van der Waals surface area contributed by atoms with Gasteiger partial charge in [-0.25, -0.2) is 9.97 Å². The summed E-state index contributed by atoms with van der Waals surface area (Å²) in [6.07, 6.45) is 5.25. The number of benzene rings is 1. The molecule has 0 bridgehead atoms. The third-order valence-electron chi connectivity index (χ3n) is 5.47. The number of aromatic nitrogens is 2. The monoisotopic (exact) mass is 376 g/mol. The van der Waals surface area contributed by atoms with Crippen LogP contribution in [-0.4, -0.2) is 53.5 Å². The Kier molecular flexibility index (Phi) is 3.98. The molecule has 26 heavy (non-hydrogen) atoms. The Morgan fingerprint density at radius 2 is 1.88 bits per heavy atom. The minimum absolute atomic E-state index is 0.309. The fourth-order valence-electron chi connectivity index (χ4n) is 4.53. The van der Waals surface area contributed by atoms with Crippen molar-refractivity contribution < 1.29 is 13.7 Å². The Bertz CT molecular complexity index is 946. The van der Waals surface area contributed by atoms with E-state index >= 15 is 0 Å². The van der Waals surface area contributed by atoms with Crippen molar-refractivity contribution >= 4 is 26.4 Å². The van der Waals surface area contributed by atoms with Crippen molar-refractivity contribution in [2.45, 2.75) is 12.8 Å². The van der Waals surface area contributed by atoms with E-state index in [1.54, 1.807) is 26.8 Å². The van der Waals surface area contributed by atoms with E-state index in [2.05, 4.69) is 14.9 Å². The number of rotatable bonds is 5. The van der Waals surface area contributed by atoms with Crippen LogP contribution < -0.4 is 14.4 Å². The third kappa shape index (κ3) is 2.96. The smallest absolute Gasteiger partial charge is 0.162 e. The van der Waals surface area contributed by atoms with E-state index in [1.165, 1.54) is 0 Å². The molecular formula is C18H24N4O3S. The van der Waals surface area contributed by atoms with Gasteiger partial charge in [-0.2, -0.15) is 0 Å². The largest absolute Gasteiger partial charge is 0.493 e. The van der Waals surface area contributed by atoms with Crippen LogP contribution in [0.25, 0.3) is 10.9 Å². The van der Waals surface area contributed by atoms with Gasteiger partial charge in [-0.15, -0.1) is 0 Å². The topological polar surface area (TPSA) is 88.4 Å². The Morgan fingerprint density at radius 3 is 2.50 bits per heavy atom. The number of hydrogen-bond acceptors (Lipinski definition) is 7. The molecule has 8 heteroatoms. The minimum atomic E-state index is -2.39. The van der Waals surface area contributed by atoms with Crippen LogP contribution in [0.5, 0.6) is 11.5 Å². The normalized spacial score (nSPS) is 21.1. The lowest BCUT2D eigenvalue weighted by Gasteiger charge is -2.59. The molecule has 2 aliphatic rings. The molecule has 1 N–H and O–H groups in total. The first kappa shape index (κ1) is 17.3. The van der Waals surface area contributed by atoms with E-state index in [9.17, 15) is 4.21 Å². The molecule has 140 valence electrons. The maximum absolute atomic E-state index is 11.7. The van der Waals surface area contributed by atoms with Crippen molar-refractivity contribution in [3.8, 4) is 11.5 Å². The molecule has 1 aromatic carbocycles. The Hall–Kier alpha value is -2.09. The van der Waals surface area contributed by atoms with Crippen molar-refractivity contribution in [1.29, 1.82) is 4.78 Å². The highest BCUT2D eigenvalue weighted by Crippen LogP contribution is 2.53. The van der Waals surface area contributed by atoms with Crippen LogP contribution in [0.3, 0.4) is 0 Å². The SMILES string of the molecule is COc1cc2ncnc(N3CC4(CC(C[S@@](C)(=N)=O)C4)C3)c2cc1OC. The fourth-order valence-corrected chi connectivity index (χ4v) is 5.66. The molecule has 0 unspecified atom stereocenters. The molecule has 1 aromatic heterocycles. The highest BCUT2D eigenvalue weighted by atomic mass is 32.2. The van der Waals surface area contributed by atoms with Gasteiger partial charge in [0.05, 0.1) is 19.7 Å². The molecule has 2 heterocycles. The van der Waals surface area contributed by atoms with Crippen LogP contribution in [-0.2, 0) is 9.73 Å². The van der Waals surface area contributed by atoms with E-state index in [0.29, 0.717) is 28.6 Å². The van der Waals surface area contributed by atoms with E-state index < -0.39 is 9.73 Å². The molecule has 1 spiro atoms. The second-order valence-electron chi connectivity index (χ2n) is 7.72. The van der Waals surface area contributed by atoms with Gasteiger partial charge in [0.2, 0.25) is 0 Å². The van der Waals surface area contributed by atoms with E-state index in [4.69, 9.17) is 14.3 Å². The van der Waals surface area contributed by atoms with E-state index in [1.807, 2.05) is 12.1 Å². The predicted molar refractivity (Wildman–Crippen MR) is 102 cm³/mol. The average Bonchev–Trinajstić information content (AvgIpc) is 2.53. The molecule has 1 saturated carbocycles. The summed E-state index contributed by atoms with van der Waals surface area (Å²) in [4.78, 5) is 11.1. The van der Waals surface area contributed by atoms with Crippen LogP contribution in [0.2, 0.25) is 0 Å². The number of anilines is 1. The highest BCUT2D eigenvalue weighted by Gasteiger charge is 2.53. The standard InChI is InChI=1S/C18H24N4O3S/c1-24-15-4-13-14(5-16(15)25-2)20-11-21-17(13)22-9-18(10-22)6-12(7-18)8-26(3,19)23/h4-5,11-12,19H,6-10H2,1-3H3/t26-/m0/s1. The zero-order valence-corrected chi connectivity index (χ0v) is 16.1. The first-order valence-electron chi connectivity index (χ1n) is 8.66. The summed E-state index contributed by atoms with van der Waals surface area (Å²) in [5.41, 5.74) is 1.14. The van der Waals surface area contributed by atoms with E-state index in [0.717, 1.165) is 42.7 Å². The van der Waals surface area contributed by atoms with Crippen molar-refractivity contribution in [2.24, 2.45) is 11.3 Å². The molecule has 1 atom stereocenters. The summed E-state index contributed by atoms with van der Waals surface area (Å²) in [5.74, 6) is 3.21. The van der Waals surface area contributed by atoms with Crippen molar-refractivity contribution in [2.75, 3.05) is 44.2 Å². The van der Waals surface area contributed by atoms with Crippen molar-refractivity contribution in [3.05, 3.63) is 18.5 Å². The first-order valence-corrected chi connectivity index (χ1v) is 10.8. The lowest BCUT2D eigenvalue weighted by molar-refractivity contribution is 0.0353. The van der Waals surface area contributed by atoms with Crippen molar-refractivity contribution in [1.82, 2.24) is 9.97 Å². The van der Waals surface area contributed by atoms with Gasteiger partial charge in [0.15, 0.2) is 11.5 Å². The Labute approximate surface area is 153 Å². The molecule has 1 aliphatic heterocycles. The highest BCUT2D eigenvalue weighted by molar-refractivity contribution is 7.91. The number of fused-ring (bicyclic) bond motifs is 1. The summed E-state index contributed by atoms with van der Waals surface area (Å²) >= 11 is 0. The quantitative estimate of drug-likeness (QED) is 0.863. The van der Waals surface area contributed by atoms with Crippen LogP contribution >= 0.6 is 0 Å². The first-order chi connectivity index (χ1) is 12.3. The van der Waals surface area contributed by atoms with Gasteiger partial charge in [0.1, 0.15) is 12.1 Å². The second-order valence-corrected chi connectivity index (χ2v) is 10.1. The average molecular weight is 376 g/mol. The lowest BCUT2D eigenvalue weighted by Crippen LogP contribution is -2.63. The number of ether oxygens (including phenoxy) is 2. The van der Waals surface area contributed by atoms with Gasteiger partial charge >= 0.3 is 0 Å². The van der Waals surface area contributed by atoms with Gasteiger partial charge in [-0.3, -0.25) is 8.99 Å². The summed E-state index contributed by atoms with van der Waals surface area (Å²) in [6.45, 7) is 1.90. The molecule has 1 saturated heterocycles. The van der Waals surface area contributed by atoms with Gasteiger partial charge in [-0.05, 0) is 24.8 Å². The second kappa shape index (κ2) is 5.97. The van der Waals surface area contributed by atoms with Crippen LogP contribution in [0.15, 0.2) is 18.5 Å². The van der Waals surface area contributed by atoms with Crippen LogP contribution in [0.1, 0.15) is 12.8 Å². The molecule has 2 aromatic rings. The Balaban J connectivity index is 1.53. The molecule has 0 amide bonds. The molecule has 1 aliphatic carbocycles. The Morgan fingerprint density at radius 1 is 1.23 bits per heavy atom. The fraction of sp³-hybridized carbons (Fsp3) is 0.556. The maximum Gasteiger partial charge on any atom is 0.162 e. The molecule has 2 fully saturated rings. The van der Waals surface area contributed by atoms with Gasteiger partial charge in [0, 0.05) is 51.7 Å².